The number of hydrogen-bond donors (Lipinski definition) is 1. The second-order valence-corrected chi connectivity index (χ2v) is 5.87. The predicted octanol–water partition coefficient (Wildman–Crippen LogP) is 2.27. The number of pyridine rings is 1. The summed E-state index contributed by atoms with van der Waals surface area (Å²) >= 11 is 0. The number of rotatable bonds is 4. The van der Waals surface area contributed by atoms with E-state index in [-0.39, 0.29) is 18.7 Å². The molecule has 0 unspecified atom stereocenters. The molecule has 0 aliphatic heterocycles. The van der Waals surface area contributed by atoms with Gasteiger partial charge in [0.05, 0.1) is 23.2 Å². The quantitative estimate of drug-likeness (QED) is 0.621. The van der Waals surface area contributed by atoms with Crippen LogP contribution in [-0.2, 0) is 13.0 Å². The first kappa shape index (κ1) is 15.5. The first-order chi connectivity index (χ1) is 12.2. The van der Waals surface area contributed by atoms with E-state index < -0.39 is 0 Å². The van der Waals surface area contributed by atoms with Crippen molar-refractivity contribution in [2.24, 2.45) is 0 Å². The molecule has 0 bridgehead atoms. The van der Waals surface area contributed by atoms with Crippen molar-refractivity contribution in [1.82, 2.24) is 19.2 Å². The molecule has 0 fully saturated rings. The summed E-state index contributed by atoms with van der Waals surface area (Å²) in [5.41, 5.74) is 4.32. The summed E-state index contributed by atoms with van der Waals surface area (Å²) < 4.78 is 3.24. The van der Waals surface area contributed by atoms with E-state index in [1.54, 1.807) is 16.9 Å². The second kappa shape index (κ2) is 6.14. The van der Waals surface area contributed by atoms with Gasteiger partial charge in [-0.2, -0.15) is 5.10 Å². The first-order valence-electron chi connectivity index (χ1n) is 8.30. The summed E-state index contributed by atoms with van der Waals surface area (Å²) in [6.07, 6.45) is 4.07. The first-order valence-corrected chi connectivity index (χ1v) is 8.30. The Bertz CT molecular complexity index is 1110. The summed E-state index contributed by atoms with van der Waals surface area (Å²) in [4.78, 5) is 17.1. The van der Waals surface area contributed by atoms with Gasteiger partial charge in [0.15, 0.2) is 5.65 Å². The molecule has 0 saturated carbocycles. The van der Waals surface area contributed by atoms with E-state index in [1.165, 1.54) is 4.57 Å². The highest BCUT2D eigenvalue weighted by atomic mass is 16.3. The van der Waals surface area contributed by atoms with Crippen LogP contribution in [0.15, 0.2) is 53.6 Å². The molecule has 6 nitrogen and oxygen atoms in total. The van der Waals surface area contributed by atoms with Crippen LogP contribution in [0.3, 0.4) is 0 Å². The topological polar surface area (TPSA) is 72.4 Å². The molecule has 0 aliphatic rings. The van der Waals surface area contributed by atoms with Gasteiger partial charge in [-0.05, 0) is 18.1 Å². The Hall–Kier alpha value is -2.99. The largest absolute Gasteiger partial charge is 0.395 e. The average Bonchev–Trinajstić information content (AvgIpc) is 3.03. The lowest BCUT2D eigenvalue weighted by atomic mass is 10.0. The zero-order valence-electron chi connectivity index (χ0n) is 13.9. The van der Waals surface area contributed by atoms with Gasteiger partial charge in [0.2, 0.25) is 0 Å². The van der Waals surface area contributed by atoms with Crippen molar-refractivity contribution in [3.05, 3.63) is 64.8 Å². The van der Waals surface area contributed by atoms with Gasteiger partial charge in [-0.3, -0.25) is 4.79 Å². The third-order valence-corrected chi connectivity index (χ3v) is 4.40. The summed E-state index contributed by atoms with van der Waals surface area (Å²) in [6.45, 7) is 2.24. The van der Waals surface area contributed by atoms with Crippen molar-refractivity contribution in [2.75, 3.05) is 6.61 Å². The second-order valence-electron chi connectivity index (χ2n) is 5.87. The molecule has 25 heavy (non-hydrogen) atoms. The third kappa shape index (κ3) is 2.42. The lowest BCUT2D eigenvalue weighted by Gasteiger charge is -2.06. The summed E-state index contributed by atoms with van der Waals surface area (Å²) in [5, 5.41) is 14.3. The van der Waals surface area contributed by atoms with Gasteiger partial charge < -0.3 is 9.67 Å². The molecule has 3 aromatic heterocycles. The van der Waals surface area contributed by atoms with Crippen LogP contribution in [0.2, 0.25) is 0 Å². The van der Waals surface area contributed by atoms with Gasteiger partial charge in [-0.25, -0.2) is 9.50 Å². The molecule has 0 atom stereocenters. The van der Waals surface area contributed by atoms with Gasteiger partial charge in [-0.1, -0.05) is 37.3 Å². The number of hydrogen-bond acceptors (Lipinski definition) is 4. The molecular formula is C19H18N4O2. The fourth-order valence-electron chi connectivity index (χ4n) is 3.19. The zero-order chi connectivity index (χ0) is 17.4. The number of aliphatic hydroxyl groups is 1. The van der Waals surface area contributed by atoms with Crippen molar-refractivity contribution in [1.29, 1.82) is 0 Å². The average molecular weight is 334 g/mol. The van der Waals surface area contributed by atoms with Crippen LogP contribution in [0, 0.1) is 0 Å². The van der Waals surface area contributed by atoms with E-state index in [0.29, 0.717) is 5.39 Å². The van der Waals surface area contributed by atoms with Gasteiger partial charge in [-0.15, -0.1) is 0 Å². The number of aromatic nitrogens is 4. The van der Waals surface area contributed by atoms with Crippen LogP contribution < -0.4 is 5.56 Å². The van der Waals surface area contributed by atoms with Gasteiger partial charge in [0.1, 0.15) is 0 Å². The van der Waals surface area contributed by atoms with E-state index in [2.05, 4.69) is 11.9 Å². The van der Waals surface area contributed by atoms with E-state index in [1.807, 2.05) is 36.4 Å². The SMILES string of the molecule is CCc1nn2c(ncc3c(=O)n(CCO)ccc32)c1-c1ccccc1. The molecule has 0 amide bonds. The normalized spacial score (nSPS) is 11.4. The van der Waals surface area contributed by atoms with Crippen molar-refractivity contribution in [3.8, 4) is 11.1 Å². The lowest BCUT2D eigenvalue weighted by Crippen LogP contribution is -2.21. The summed E-state index contributed by atoms with van der Waals surface area (Å²) in [6, 6.07) is 11.9. The van der Waals surface area contributed by atoms with Crippen molar-refractivity contribution >= 4 is 16.6 Å². The van der Waals surface area contributed by atoms with Gasteiger partial charge in [0, 0.05) is 24.5 Å². The predicted molar refractivity (Wildman–Crippen MR) is 96.7 cm³/mol. The van der Waals surface area contributed by atoms with Crippen LogP contribution in [0.5, 0.6) is 0 Å². The van der Waals surface area contributed by atoms with E-state index in [9.17, 15) is 4.79 Å². The van der Waals surface area contributed by atoms with Crippen molar-refractivity contribution in [2.45, 2.75) is 19.9 Å². The highest BCUT2D eigenvalue weighted by Gasteiger charge is 2.17. The Labute approximate surface area is 144 Å². The molecule has 4 aromatic rings. The van der Waals surface area contributed by atoms with E-state index in [4.69, 9.17) is 10.2 Å². The van der Waals surface area contributed by atoms with Crippen molar-refractivity contribution in [3.63, 3.8) is 0 Å². The molecule has 126 valence electrons. The maximum absolute atomic E-state index is 12.6. The van der Waals surface area contributed by atoms with Crippen LogP contribution >= 0.6 is 0 Å². The molecule has 1 aromatic carbocycles. The highest BCUT2D eigenvalue weighted by molar-refractivity contribution is 5.86. The molecule has 0 saturated heterocycles. The van der Waals surface area contributed by atoms with Crippen LogP contribution in [-0.4, -0.2) is 30.9 Å². The van der Waals surface area contributed by atoms with E-state index in [0.717, 1.165) is 34.4 Å². The maximum Gasteiger partial charge on any atom is 0.261 e. The minimum Gasteiger partial charge on any atom is -0.395 e. The Kier molecular flexibility index (Phi) is 3.82. The summed E-state index contributed by atoms with van der Waals surface area (Å²) in [7, 11) is 0. The Morgan fingerprint density at radius 2 is 1.96 bits per heavy atom. The minimum absolute atomic E-state index is 0.0823. The van der Waals surface area contributed by atoms with Crippen LogP contribution in [0.4, 0.5) is 0 Å². The molecule has 0 spiro atoms. The lowest BCUT2D eigenvalue weighted by molar-refractivity contribution is 0.274. The molecule has 0 aliphatic carbocycles. The number of nitrogens with zero attached hydrogens (tertiary/aromatic N) is 4. The van der Waals surface area contributed by atoms with E-state index >= 15 is 0 Å². The molecule has 1 N–H and O–H groups in total. The number of aliphatic hydroxyl groups excluding tert-OH is 1. The summed E-state index contributed by atoms with van der Waals surface area (Å²) in [5.74, 6) is 0. The molecule has 3 heterocycles. The molecule has 6 heteroatoms. The number of fused-ring (bicyclic) bond motifs is 3. The van der Waals surface area contributed by atoms with Crippen molar-refractivity contribution < 1.29 is 5.11 Å². The number of benzene rings is 1. The van der Waals surface area contributed by atoms with Gasteiger partial charge in [0.25, 0.3) is 5.56 Å². The van der Waals surface area contributed by atoms with Crippen LogP contribution in [0.1, 0.15) is 12.6 Å². The zero-order valence-corrected chi connectivity index (χ0v) is 13.9. The monoisotopic (exact) mass is 334 g/mol. The standard InChI is InChI=1S/C19H18N4O2/c1-2-15-17(13-6-4-3-5-7-13)18-20-12-14-16(23(18)21-15)8-9-22(10-11-24)19(14)25/h3-9,12,24H,2,10-11H2,1H3. The maximum atomic E-state index is 12.6. The molecule has 4 rings (SSSR count). The highest BCUT2D eigenvalue weighted by Crippen LogP contribution is 2.29. The minimum atomic E-state index is -0.171. The fourth-order valence-corrected chi connectivity index (χ4v) is 3.19. The van der Waals surface area contributed by atoms with Crippen LogP contribution in [0.25, 0.3) is 27.7 Å². The third-order valence-electron chi connectivity index (χ3n) is 4.40. The Morgan fingerprint density at radius 1 is 1.16 bits per heavy atom. The van der Waals surface area contributed by atoms with Gasteiger partial charge >= 0.3 is 0 Å². The Balaban J connectivity index is 2.05. The molecule has 0 radical (unpaired) electrons. The fraction of sp³-hybridized carbons (Fsp3) is 0.211. The smallest absolute Gasteiger partial charge is 0.261 e. The molecular weight excluding hydrogens is 316 g/mol. The number of aryl methyl sites for hydroxylation is 1. The Morgan fingerprint density at radius 3 is 2.68 bits per heavy atom.